The van der Waals surface area contributed by atoms with Gasteiger partial charge in [0.15, 0.2) is 0 Å². The summed E-state index contributed by atoms with van der Waals surface area (Å²) in [4.78, 5) is 16.1. The summed E-state index contributed by atoms with van der Waals surface area (Å²) in [6.45, 7) is 2.55. The Morgan fingerprint density at radius 2 is 2.16 bits per heavy atom. The molecule has 1 aromatic carbocycles. The number of rotatable bonds is 4. The van der Waals surface area contributed by atoms with Gasteiger partial charge in [0.25, 0.3) is 5.91 Å². The van der Waals surface area contributed by atoms with Crippen LogP contribution in [0.5, 0.6) is 0 Å². The highest BCUT2D eigenvalue weighted by molar-refractivity contribution is 5.99. The van der Waals surface area contributed by atoms with E-state index < -0.39 is 0 Å². The summed E-state index contributed by atoms with van der Waals surface area (Å²) in [6.07, 6.45) is 3.25. The van der Waals surface area contributed by atoms with E-state index in [1.165, 1.54) is 5.56 Å². The van der Waals surface area contributed by atoms with Gasteiger partial charge in [0.05, 0.1) is 17.4 Å². The Bertz CT molecular complexity index is 581. The highest BCUT2D eigenvalue weighted by Crippen LogP contribution is 2.12. The number of benzene rings is 1. The molecule has 0 aliphatic carbocycles. The fourth-order valence-corrected chi connectivity index (χ4v) is 1.89. The highest BCUT2D eigenvalue weighted by Gasteiger charge is 2.09. The van der Waals surface area contributed by atoms with Gasteiger partial charge in [0.2, 0.25) is 0 Å². The van der Waals surface area contributed by atoms with Crippen LogP contribution in [0.1, 0.15) is 21.5 Å². The minimum atomic E-state index is -0.103. The quantitative estimate of drug-likeness (QED) is 0.881. The van der Waals surface area contributed by atoms with Crippen molar-refractivity contribution in [1.82, 2.24) is 10.3 Å². The third-order valence-electron chi connectivity index (χ3n) is 2.87. The van der Waals surface area contributed by atoms with Crippen LogP contribution < -0.4 is 10.6 Å². The van der Waals surface area contributed by atoms with Crippen LogP contribution in [-0.2, 0) is 6.54 Å². The van der Waals surface area contributed by atoms with Crippen molar-refractivity contribution in [2.24, 2.45) is 0 Å². The van der Waals surface area contributed by atoms with E-state index in [1.807, 2.05) is 25.1 Å². The smallest absolute Gasteiger partial charge is 0.253 e. The van der Waals surface area contributed by atoms with E-state index in [2.05, 4.69) is 21.7 Å². The van der Waals surface area contributed by atoms with Crippen molar-refractivity contribution < 1.29 is 4.79 Å². The van der Waals surface area contributed by atoms with Crippen molar-refractivity contribution in [2.75, 3.05) is 12.4 Å². The molecule has 0 spiro atoms. The first-order valence-electron chi connectivity index (χ1n) is 6.16. The third-order valence-corrected chi connectivity index (χ3v) is 2.87. The lowest BCUT2D eigenvalue weighted by molar-refractivity contribution is 0.0951. The second-order valence-corrected chi connectivity index (χ2v) is 4.34. The fourth-order valence-electron chi connectivity index (χ4n) is 1.89. The molecule has 1 aromatic heterocycles. The minimum Gasteiger partial charge on any atom is -0.386 e. The molecular weight excluding hydrogens is 238 g/mol. The predicted molar refractivity (Wildman–Crippen MR) is 76.1 cm³/mol. The average Bonchev–Trinajstić information content (AvgIpc) is 2.45. The summed E-state index contributed by atoms with van der Waals surface area (Å²) in [5, 5.41) is 5.87. The van der Waals surface area contributed by atoms with Crippen molar-refractivity contribution in [3.8, 4) is 0 Å². The van der Waals surface area contributed by atoms with Crippen molar-refractivity contribution in [2.45, 2.75) is 13.5 Å². The van der Waals surface area contributed by atoms with E-state index >= 15 is 0 Å². The number of anilines is 1. The second-order valence-electron chi connectivity index (χ2n) is 4.34. The van der Waals surface area contributed by atoms with Gasteiger partial charge in [-0.15, -0.1) is 0 Å². The number of aromatic nitrogens is 1. The number of nitrogens with zero attached hydrogens (tertiary/aromatic N) is 1. The molecule has 19 heavy (non-hydrogen) atoms. The molecule has 2 rings (SSSR count). The second kappa shape index (κ2) is 6.00. The Hall–Kier alpha value is -2.36. The summed E-state index contributed by atoms with van der Waals surface area (Å²) in [5.41, 5.74) is 3.61. The van der Waals surface area contributed by atoms with E-state index in [9.17, 15) is 4.79 Å². The zero-order valence-electron chi connectivity index (χ0n) is 11.1. The number of aryl methyl sites for hydroxylation is 1. The van der Waals surface area contributed by atoms with Crippen LogP contribution in [0.15, 0.2) is 42.7 Å². The lowest BCUT2D eigenvalue weighted by Crippen LogP contribution is -2.23. The van der Waals surface area contributed by atoms with E-state index in [4.69, 9.17) is 0 Å². The first kappa shape index (κ1) is 13.1. The molecule has 0 saturated carbocycles. The average molecular weight is 255 g/mol. The van der Waals surface area contributed by atoms with Crippen LogP contribution in [-0.4, -0.2) is 17.9 Å². The Kier molecular flexibility index (Phi) is 4.13. The Morgan fingerprint density at radius 3 is 2.89 bits per heavy atom. The Labute approximate surface area is 112 Å². The molecule has 0 radical (unpaired) electrons. The van der Waals surface area contributed by atoms with Gasteiger partial charge >= 0.3 is 0 Å². The molecule has 4 nitrogen and oxygen atoms in total. The number of hydrogen-bond acceptors (Lipinski definition) is 3. The summed E-state index contributed by atoms with van der Waals surface area (Å²) < 4.78 is 0. The summed E-state index contributed by atoms with van der Waals surface area (Å²) in [5.74, 6) is -0.103. The summed E-state index contributed by atoms with van der Waals surface area (Å²) >= 11 is 0. The molecule has 0 bridgehead atoms. The first-order chi connectivity index (χ1) is 9.20. The van der Waals surface area contributed by atoms with Crippen LogP contribution in [0, 0.1) is 6.92 Å². The van der Waals surface area contributed by atoms with Gasteiger partial charge in [-0.3, -0.25) is 9.78 Å². The predicted octanol–water partition coefficient (Wildman–Crippen LogP) is 2.36. The molecule has 0 aliphatic heterocycles. The molecule has 0 atom stereocenters. The van der Waals surface area contributed by atoms with Crippen LogP contribution in [0.25, 0.3) is 0 Å². The summed E-state index contributed by atoms with van der Waals surface area (Å²) in [6, 6.07) is 9.79. The molecular formula is C15H17N3O. The van der Waals surface area contributed by atoms with Gasteiger partial charge in [-0.25, -0.2) is 0 Å². The first-order valence-corrected chi connectivity index (χ1v) is 6.16. The number of nitrogens with one attached hydrogen (secondary N) is 2. The number of carbonyl (C=O) groups is 1. The molecule has 2 aromatic rings. The molecule has 1 heterocycles. The third kappa shape index (κ3) is 3.31. The van der Waals surface area contributed by atoms with Gasteiger partial charge in [0.1, 0.15) is 0 Å². The summed E-state index contributed by atoms with van der Waals surface area (Å²) in [7, 11) is 1.77. The molecule has 98 valence electrons. The van der Waals surface area contributed by atoms with E-state index in [0.29, 0.717) is 12.1 Å². The van der Waals surface area contributed by atoms with Gasteiger partial charge in [-0.05, 0) is 18.6 Å². The van der Waals surface area contributed by atoms with Crippen molar-refractivity contribution >= 4 is 11.6 Å². The van der Waals surface area contributed by atoms with Crippen molar-refractivity contribution in [3.63, 3.8) is 0 Å². The van der Waals surface area contributed by atoms with E-state index in [-0.39, 0.29) is 5.91 Å². The number of carbonyl (C=O) groups excluding carboxylic acids is 1. The van der Waals surface area contributed by atoms with Gasteiger partial charge < -0.3 is 10.6 Å². The van der Waals surface area contributed by atoms with E-state index in [0.717, 1.165) is 11.3 Å². The molecule has 0 fully saturated rings. The molecule has 0 aliphatic rings. The Balaban J connectivity index is 2.05. The number of pyridine rings is 1. The zero-order valence-corrected chi connectivity index (χ0v) is 11.1. The number of hydrogen-bond donors (Lipinski definition) is 2. The lowest BCUT2D eigenvalue weighted by Gasteiger charge is -2.09. The van der Waals surface area contributed by atoms with Crippen molar-refractivity contribution in [3.05, 3.63) is 59.4 Å². The maximum Gasteiger partial charge on any atom is 0.253 e. The maximum absolute atomic E-state index is 12.1. The topological polar surface area (TPSA) is 54.0 Å². The Morgan fingerprint density at radius 1 is 1.32 bits per heavy atom. The monoisotopic (exact) mass is 255 g/mol. The molecule has 2 N–H and O–H groups in total. The molecule has 0 unspecified atom stereocenters. The largest absolute Gasteiger partial charge is 0.386 e. The standard InChI is InChI=1S/C15H17N3O/c1-11-4-3-5-12(8-11)9-18-15(19)13-6-7-17-10-14(13)16-2/h3-8,10,16H,9H2,1-2H3,(H,18,19). The van der Waals surface area contributed by atoms with Crippen LogP contribution in [0.3, 0.4) is 0 Å². The van der Waals surface area contributed by atoms with Crippen LogP contribution >= 0.6 is 0 Å². The minimum absolute atomic E-state index is 0.103. The van der Waals surface area contributed by atoms with Gasteiger partial charge in [-0.2, -0.15) is 0 Å². The normalized spacial score (nSPS) is 10.0. The maximum atomic E-state index is 12.1. The highest BCUT2D eigenvalue weighted by atomic mass is 16.1. The van der Waals surface area contributed by atoms with Crippen LogP contribution in [0.4, 0.5) is 5.69 Å². The zero-order chi connectivity index (χ0) is 13.7. The molecule has 0 saturated heterocycles. The van der Waals surface area contributed by atoms with Crippen LogP contribution in [0.2, 0.25) is 0 Å². The lowest BCUT2D eigenvalue weighted by atomic mass is 10.1. The van der Waals surface area contributed by atoms with Crippen molar-refractivity contribution in [1.29, 1.82) is 0 Å². The number of amides is 1. The fraction of sp³-hybridized carbons (Fsp3) is 0.200. The van der Waals surface area contributed by atoms with Gasteiger partial charge in [-0.1, -0.05) is 29.8 Å². The van der Waals surface area contributed by atoms with E-state index in [1.54, 1.807) is 25.5 Å². The van der Waals surface area contributed by atoms with Gasteiger partial charge in [0, 0.05) is 19.8 Å². The molecule has 4 heteroatoms. The SMILES string of the molecule is CNc1cnccc1C(=O)NCc1cccc(C)c1. The molecule has 1 amide bonds.